The summed E-state index contributed by atoms with van der Waals surface area (Å²) in [4.78, 5) is 16.5. The lowest BCUT2D eigenvalue weighted by molar-refractivity contribution is -0.137. The second-order valence-electron chi connectivity index (χ2n) is 4.59. The Morgan fingerprint density at radius 3 is 2.55 bits per heavy atom. The van der Waals surface area contributed by atoms with Crippen molar-refractivity contribution >= 4 is 27.3 Å². The molecule has 0 aliphatic carbocycles. The number of aryl methyl sites for hydroxylation is 1. The van der Waals surface area contributed by atoms with Crippen LogP contribution in [0, 0.1) is 6.92 Å². The summed E-state index contributed by atoms with van der Waals surface area (Å²) >= 11 is 1.17. The van der Waals surface area contributed by atoms with Gasteiger partial charge in [-0.1, -0.05) is 0 Å². The standard InChI is InChI=1S/C11H17N3O4S2/c1-9-12-8-11(19-9)20(17,18)14-6-4-13(5-7-14)3-2-10(15)16/h8H,2-7H2,1H3,(H,15,16). The van der Waals surface area contributed by atoms with Gasteiger partial charge in [-0.3, -0.25) is 4.79 Å². The first-order valence-corrected chi connectivity index (χ1v) is 8.52. The molecule has 0 amide bonds. The molecule has 1 aliphatic heterocycles. The number of carboxylic acid groups (broad SMARTS) is 1. The normalized spacial score (nSPS) is 18.2. The van der Waals surface area contributed by atoms with Gasteiger partial charge in [0.1, 0.15) is 0 Å². The molecule has 112 valence electrons. The van der Waals surface area contributed by atoms with Gasteiger partial charge in [-0.05, 0) is 6.92 Å². The number of carbonyl (C=O) groups is 1. The van der Waals surface area contributed by atoms with E-state index in [1.54, 1.807) is 6.92 Å². The maximum atomic E-state index is 12.4. The van der Waals surface area contributed by atoms with Gasteiger partial charge in [0.05, 0.1) is 17.6 Å². The molecule has 1 saturated heterocycles. The second-order valence-corrected chi connectivity index (χ2v) is 7.99. The number of aliphatic carboxylic acids is 1. The van der Waals surface area contributed by atoms with E-state index >= 15 is 0 Å². The number of thiazole rings is 1. The van der Waals surface area contributed by atoms with Gasteiger partial charge >= 0.3 is 5.97 Å². The first-order valence-electron chi connectivity index (χ1n) is 6.26. The average molecular weight is 319 g/mol. The molecule has 2 rings (SSSR count). The zero-order chi connectivity index (χ0) is 14.8. The Balaban J connectivity index is 1.95. The fourth-order valence-electron chi connectivity index (χ4n) is 2.04. The molecule has 1 N–H and O–H groups in total. The van der Waals surface area contributed by atoms with Gasteiger partial charge in [-0.2, -0.15) is 4.31 Å². The molecule has 0 atom stereocenters. The summed E-state index contributed by atoms with van der Waals surface area (Å²) in [5.41, 5.74) is 0. The Hall–Kier alpha value is -1.03. The minimum absolute atomic E-state index is 0.0841. The van der Waals surface area contributed by atoms with Crippen LogP contribution >= 0.6 is 11.3 Å². The topological polar surface area (TPSA) is 90.8 Å². The molecule has 0 radical (unpaired) electrons. The Morgan fingerprint density at radius 1 is 1.40 bits per heavy atom. The smallest absolute Gasteiger partial charge is 0.304 e. The molecule has 2 heterocycles. The van der Waals surface area contributed by atoms with Crippen molar-refractivity contribution in [3.8, 4) is 0 Å². The molecule has 1 aliphatic rings. The summed E-state index contributed by atoms with van der Waals surface area (Å²) in [6, 6.07) is 0. The Labute approximate surface area is 121 Å². The highest BCUT2D eigenvalue weighted by Crippen LogP contribution is 2.23. The number of nitrogens with zero attached hydrogens (tertiary/aromatic N) is 3. The molecular weight excluding hydrogens is 302 g/mol. The van der Waals surface area contributed by atoms with Gasteiger partial charge in [0.2, 0.25) is 0 Å². The lowest BCUT2D eigenvalue weighted by Gasteiger charge is -2.33. The van der Waals surface area contributed by atoms with Gasteiger partial charge in [0.25, 0.3) is 10.0 Å². The summed E-state index contributed by atoms with van der Waals surface area (Å²) < 4.78 is 26.4. The van der Waals surface area contributed by atoms with Gasteiger partial charge in [0, 0.05) is 32.7 Å². The van der Waals surface area contributed by atoms with Gasteiger partial charge in [-0.25, -0.2) is 13.4 Å². The van der Waals surface area contributed by atoms with E-state index in [0.717, 1.165) is 5.01 Å². The third kappa shape index (κ3) is 3.54. The molecule has 0 spiro atoms. The van der Waals surface area contributed by atoms with E-state index in [2.05, 4.69) is 4.98 Å². The van der Waals surface area contributed by atoms with Gasteiger partial charge < -0.3 is 10.0 Å². The van der Waals surface area contributed by atoms with Gasteiger partial charge in [-0.15, -0.1) is 11.3 Å². The first kappa shape index (κ1) is 15.4. The molecule has 0 saturated carbocycles. The Kier molecular flexibility index (Phi) is 4.74. The van der Waals surface area contributed by atoms with Crippen molar-refractivity contribution in [2.24, 2.45) is 0 Å². The van der Waals surface area contributed by atoms with E-state index in [4.69, 9.17) is 5.11 Å². The highest BCUT2D eigenvalue weighted by atomic mass is 32.2. The maximum absolute atomic E-state index is 12.4. The lowest BCUT2D eigenvalue weighted by atomic mass is 10.3. The third-order valence-corrected chi connectivity index (χ3v) is 6.42. The average Bonchev–Trinajstić information content (AvgIpc) is 2.84. The summed E-state index contributed by atoms with van der Waals surface area (Å²) in [7, 11) is -3.45. The van der Waals surface area contributed by atoms with Gasteiger partial charge in [0.15, 0.2) is 4.21 Å². The molecule has 20 heavy (non-hydrogen) atoms. The van der Waals surface area contributed by atoms with Crippen LogP contribution in [0.15, 0.2) is 10.4 Å². The molecule has 0 aromatic carbocycles. The monoisotopic (exact) mass is 319 g/mol. The molecule has 9 heteroatoms. The van der Waals surface area contributed by atoms with Crippen molar-refractivity contribution in [3.05, 3.63) is 11.2 Å². The molecule has 0 unspecified atom stereocenters. The minimum atomic E-state index is -3.45. The summed E-state index contributed by atoms with van der Waals surface area (Å²) in [6.45, 7) is 4.13. The Morgan fingerprint density at radius 2 is 2.05 bits per heavy atom. The highest BCUT2D eigenvalue weighted by molar-refractivity contribution is 7.91. The highest BCUT2D eigenvalue weighted by Gasteiger charge is 2.29. The molecular formula is C11H17N3O4S2. The maximum Gasteiger partial charge on any atom is 0.304 e. The van der Waals surface area contributed by atoms with Crippen LogP contribution in [0.3, 0.4) is 0 Å². The lowest BCUT2D eigenvalue weighted by Crippen LogP contribution is -2.48. The van der Waals surface area contributed by atoms with Crippen LogP contribution in [0.5, 0.6) is 0 Å². The number of aromatic nitrogens is 1. The summed E-state index contributed by atoms with van der Waals surface area (Å²) in [5.74, 6) is -0.833. The predicted octanol–water partition coefficient (Wildman–Crippen LogP) is 0.233. The van der Waals surface area contributed by atoms with E-state index < -0.39 is 16.0 Å². The summed E-state index contributed by atoms with van der Waals surface area (Å²) in [5, 5.41) is 9.36. The van der Waals surface area contributed by atoms with Crippen molar-refractivity contribution in [3.63, 3.8) is 0 Å². The van der Waals surface area contributed by atoms with Crippen LogP contribution in [0.25, 0.3) is 0 Å². The number of hydrogen-bond donors (Lipinski definition) is 1. The molecule has 1 aromatic heterocycles. The van der Waals surface area contributed by atoms with E-state index in [0.29, 0.717) is 32.7 Å². The largest absolute Gasteiger partial charge is 0.481 e. The molecule has 1 fully saturated rings. The number of rotatable bonds is 5. The van der Waals surface area contributed by atoms with E-state index in [1.165, 1.54) is 21.8 Å². The SMILES string of the molecule is Cc1ncc(S(=O)(=O)N2CCN(CCC(=O)O)CC2)s1. The van der Waals surface area contributed by atoms with Crippen molar-refractivity contribution in [2.75, 3.05) is 32.7 Å². The van der Waals surface area contributed by atoms with E-state index in [9.17, 15) is 13.2 Å². The number of hydrogen-bond acceptors (Lipinski definition) is 6. The Bertz CT molecular complexity index is 576. The third-order valence-electron chi connectivity index (χ3n) is 3.17. The zero-order valence-electron chi connectivity index (χ0n) is 11.2. The molecule has 1 aromatic rings. The van der Waals surface area contributed by atoms with Crippen LogP contribution in [0.4, 0.5) is 0 Å². The van der Waals surface area contributed by atoms with Crippen molar-refractivity contribution in [2.45, 2.75) is 17.6 Å². The predicted molar refractivity (Wildman–Crippen MR) is 74.3 cm³/mol. The van der Waals surface area contributed by atoms with E-state index in [-0.39, 0.29) is 10.6 Å². The van der Waals surface area contributed by atoms with Crippen LogP contribution in [0.1, 0.15) is 11.4 Å². The van der Waals surface area contributed by atoms with Crippen molar-refractivity contribution < 1.29 is 18.3 Å². The summed E-state index contributed by atoms with van der Waals surface area (Å²) in [6.07, 6.45) is 1.48. The quantitative estimate of drug-likeness (QED) is 0.835. The van der Waals surface area contributed by atoms with Crippen molar-refractivity contribution in [1.82, 2.24) is 14.2 Å². The minimum Gasteiger partial charge on any atom is -0.481 e. The van der Waals surface area contributed by atoms with Crippen LogP contribution in [-0.4, -0.2) is 66.4 Å². The fourth-order valence-corrected chi connectivity index (χ4v) is 4.72. The number of carboxylic acids is 1. The second kappa shape index (κ2) is 6.17. The zero-order valence-corrected chi connectivity index (χ0v) is 12.8. The first-order chi connectivity index (χ1) is 9.39. The van der Waals surface area contributed by atoms with Crippen molar-refractivity contribution in [1.29, 1.82) is 0 Å². The van der Waals surface area contributed by atoms with E-state index in [1.807, 2.05) is 4.90 Å². The molecule has 7 nitrogen and oxygen atoms in total. The fraction of sp³-hybridized carbons (Fsp3) is 0.636. The number of sulfonamides is 1. The molecule has 0 bridgehead atoms. The van der Waals surface area contributed by atoms with Crippen LogP contribution < -0.4 is 0 Å². The van der Waals surface area contributed by atoms with Crippen LogP contribution in [-0.2, 0) is 14.8 Å². The van der Waals surface area contributed by atoms with Crippen LogP contribution in [0.2, 0.25) is 0 Å². The number of piperazine rings is 1.